The van der Waals surface area contributed by atoms with E-state index in [9.17, 15) is 8.42 Å². The maximum absolute atomic E-state index is 11.4. The number of nitrogens with two attached hydrogens (primary N) is 1. The summed E-state index contributed by atoms with van der Waals surface area (Å²) < 4.78 is 22.8. The molecule has 1 aromatic carbocycles. The maximum Gasteiger partial charge on any atom is 0.238 e. The van der Waals surface area contributed by atoms with Gasteiger partial charge in [0, 0.05) is 18.3 Å². The van der Waals surface area contributed by atoms with Crippen LogP contribution in [0, 0.1) is 0 Å². The molecular weight excluding hydrogens is 286 g/mol. The van der Waals surface area contributed by atoms with Crippen LogP contribution in [-0.2, 0) is 10.0 Å². The summed E-state index contributed by atoms with van der Waals surface area (Å²) in [5.74, 6) is 0. The van der Waals surface area contributed by atoms with E-state index in [4.69, 9.17) is 5.14 Å². The summed E-state index contributed by atoms with van der Waals surface area (Å²) in [5, 5.41) is 8.55. The summed E-state index contributed by atoms with van der Waals surface area (Å²) in [7, 11) is -3.68. The van der Waals surface area contributed by atoms with Crippen LogP contribution in [0.15, 0.2) is 53.6 Å². The first-order chi connectivity index (χ1) is 9.88. The Hall–Kier alpha value is -1.76. The summed E-state index contributed by atoms with van der Waals surface area (Å²) in [6, 6.07) is 12.4. The van der Waals surface area contributed by atoms with Crippen LogP contribution in [0.25, 0.3) is 0 Å². The number of rotatable bonds is 5. The Morgan fingerprint density at radius 2 is 1.86 bits per heavy atom. The summed E-state index contributed by atoms with van der Waals surface area (Å²) >= 11 is 0. The molecule has 21 heavy (non-hydrogen) atoms. The third-order valence-corrected chi connectivity index (χ3v) is 4.23. The third kappa shape index (κ3) is 4.10. The molecule has 0 aliphatic carbocycles. The quantitative estimate of drug-likeness (QED) is 0.886. The van der Waals surface area contributed by atoms with Gasteiger partial charge in [0.15, 0.2) is 0 Å². The van der Waals surface area contributed by atoms with Crippen LogP contribution in [0.3, 0.4) is 0 Å². The Morgan fingerprint density at radius 1 is 1.10 bits per heavy atom. The number of hydrogen-bond acceptors (Lipinski definition) is 4. The molecule has 1 unspecified atom stereocenters. The van der Waals surface area contributed by atoms with Gasteiger partial charge >= 0.3 is 0 Å². The molecule has 3 N–H and O–H groups in total. The van der Waals surface area contributed by atoms with E-state index in [1.807, 2.05) is 38.1 Å². The molecule has 0 aliphatic rings. The molecular formula is C15H19N3O2S. The highest BCUT2D eigenvalue weighted by atomic mass is 32.2. The normalized spacial score (nSPS) is 14.6. The first-order valence-corrected chi connectivity index (χ1v) is 8.22. The lowest BCUT2D eigenvalue weighted by atomic mass is 10.1. The van der Waals surface area contributed by atoms with Crippen molar-refractivity contribution in [2.45, 2.75) is 30.8 Å². The lowest BCUT2D eigenvalue weighted by molar-refractivity contribution is 0.485. The summed E-state index contributed by atoms with van der Waals surface area (Å²) in [6.45, 7) is 3.99. The molecule has 1 aromatic heterocycles. The highest BCUT2D eigenvalue weighted by Crippen LogP contribution is 2.20. The molecule has 2 atom stereocenters. The van der Waals surface area contributed by atoms with Gasteiger partial charge in [-0.05, 0) is 43.7 Å². The van der Waals surface area contributed by atoms with Crippen molar-refractivity contribution in [1.29, 1.82) is 0 Å². The van der Waals surface area contributed by atoms with E-state index in [0.717, 1.165) is 11.3 Å². The molecule has 0 aliphatic heterocycles. The monoisotopic (exact) mass is 305 g/mol. The van der Waals surface area contributed by atoms with Crippen molar-refractivity contribution >= 4 is 10.0 Å². The smallest absolute Gasteiger partial charge is 0.238 e. The van der Waals surface area contributed by atoms with Crippen LogP contribution in [-0.4, -0.2) is 13.4 Å². The molecule has 0 bridgehead atoms. The van der Waals surface area contributed by atoms with Crippen molar-refractivity contribution in [1.82, 2.24) is 10.3 Å². The molecule has 0 saturated heterocycles. The Balaban J connectivity index is 2.16. The van der Waals surface area contributed by atoms with E-state index in [0.29, 0.717) is 0 Å². The highest BCUT2D eigenvalue weighted by Gasteiger charge is 2.14. The Bertz CT molecular complexity index is 702. The lowest BCUT2D eigenvalue weighted by Gasteiger charge is -2.20. The fraction of sp³-hybridized carbons (Fsp3) is 0.267. The molecule has 5 nitrogen and oxygen atoms in total. The van der Waals surface area contributed by atoms with Gasteiger partial charge in [0.05, 0.1) is 10.6 Å². The van der Waals surface area contributed by atoms with E-state index in [-0.39, 0.29) is 17.0 Å². The fourth-order valence-electron chi connectivity index (χ4n) is 2.15. The number of benzene rings is 1. The third-order valence-electron chi connectivity index (χ3n) is 3.32. The second-order valence-electron chi connectivity index (χ2n) is 4.98. The number of sulfonamides is 1. The minimum absolute atomic E-state index is 0.0243. The molecule has 0 saturated carbocycles. The summed E-state index contributed by atoms with van der Waals surface area (Å²) in [6.07, 6.45) is 1.75. The van der Waals surface area contributed by atoms with Gasteiger partial charge < -0.3 is 5.32 Å². The predicted octanol–water partition coefficient (Wildman–Crippen LogP) is 2.14. The number of primary sulfonamides is 1. The molecule has 0 radical (unpaired) electrons. The van der Waals surface area contributed by atoms with Crippen LogP contribution in [0.4, 0.5) is 0 Å². The van der Waals surface area contributed by atoms with Crippen LogP contribution >= 0.6 is 0 Å². The van der Waals surface area contributed by atoms with Crippen molar-refractivity contribution in [3.05, 3.63) is 59.9 Å². The Morgan fingerprint density at radius 3 is 2.48 bits per heavy atom. The number of hydrogen-bond donors (Lipinski definition) is 2. The second kappa shape index (κ2) is 6.34. The van der Waals surface area contributed by atoms with Crippen molar-refractivity contribution < 1.29 is 8.42 Å². The number of nitrogens with zero attached hydrogens (tertiary/aromatic N) is 1. The second-order valence-corrected chi connectivity index (χ2v) is 6.54. The molecule has 2 aromatic rings. The zero-order valence-electron chi connectivity index (χ0n) is 12.0. The highest BCUT2D eigenvalue weighted by molar-refractivity contribution is 7.89. The van der Waals surface area contributed by atoms with Crippen molar-refractivity contribution in [3.63, 3.8) is 0 Å². The zero-order chi connectivity index (χ0) is 15.5. The minimum Gasteiger partial charge on any atom is -0.302 e. The van der Waals surface area contributed by atoms with Gasteiger partial charge in [-0.2, -0.15) is 0 Å². The zero-order valence-corrected chi connectivity index (χ0v) is 12.8. The van der Waals surface area contributed by atoms with Crippen molar-refractivity contribution in [2.75, 3.05) is 0 Å². The largest absolute Gasteiger partial charge is 0.302 e. The van der Waals surface area contributed by atoms with Gasteiger partial charge in [0.1, 0.15) is 0 Å². The summed E-state index contributed by atoms with van der Waals surface area (Å²) in [4.78, 5) is 4.43. The van der Waals surface area contributed by atoms with Crippen LogP contribution in [0.1, 0.15) is 37.2 Å². The van der Waals surface area contributed by atoms with Gasteiger partial charge in [-0.25, -0.2) is 13.6 Å². The summed E-state index contributed by atoms with van der Waals surface area (Å²) in [5.41, 5.74) is 1.80. The molecule has 2 rings (SSSR count). The molecule has 0 fully saturated rings. The molecule has 0 amide bonds. The molecule has 0 spiro atoms. The van der Waals surface area contributed by atoms with Crippen LogP contribution < -0.4 is 10.5 Å². The lowest BCUT2D eigenvalue weighted by Crippen LogP contribution is -2.23. The Labute approximate surface area is 125 Å². The predicted molar refractivity (Wildman–Crippen MR) is 82.0 cm³/mol. The van der Waals surface area contributed by atoms with E-state index in [1.165, 1.54) is 6.07 Å². The number of pyridine rings is 1. The van der Waals surface area contributed by atoms with Gasteiger partial charge in [0.2, 0.25) is 10.0 Å². The van der Waals surface area contributed by atoms with Gasteiger partial charge in [-0.1, -0.05) is 18.2 Å². The van der Waals surface area contributed by atoms with Crippen molar-refractivity contribution in [2.24, 2.45) is 5.14 Å². The van der Waals surface area contributed by atoms with Gasteiger partial charge in [-0.3, -0.25) is 4.98 Å². The van der Waals surface area contributed by atoms with E-state index >= 15 is 0 Å². The van der Waals surface area contributed by atoms with Crippen LogP contribution in [0.5, 0.6) is 0 Å². The average Bonchev–Trinajstić information content (AvgIpc) is 2.47. The number of nitrogens with one attached hydrogen (secondary N) is 1. The van der Waals surface area contributed by atoms with Gasteiger partial charge in [-0.15, -0.1) is 0 Å². The first-order valence-electron chi connectivity index (χ1n) is 6.67. The maximum atomic E-state index is 11.4. The van der Waals surface area contributed by atoms with E-state index in [2.05, 4.69) is 10.3 Å². The van der Waals surface area contributed by atoms with E-state index in [1.54, 1.807) is 18.3 Å². The van der Waals surface area contributed by atoms with E-state index < -0.39 is 10.0 Å². The van der Waals surface area contributed by atoms with Crippen LogP contribution in [0.2, 0.25) is 0 Å². The molecule has 1 heterocycles. The van der Waals surface area contributed by atoms with Gasteiger partial charge in [0.25, 0.3) is 0 Å². The number of aromatic nitrogens is 1. The topological polar surface area (TPSA) is 85.1 Å². The SMILES string of the molecule is CC(N[C@H](C)c1ccccn1)c1cccc(S(N)(=O)=O)c1. The first kappa shape index (κ1) is 15.6. The van der Waals surface area contributed by atoms with Crippen molar-refractivity contribution in [3.8, 4) is 0 Å². The fourth-order valence-corrected chi connectivity index (χ4v) is 2.72. The molecule has 112 valence electrons. The Kier molecular flexibility index (Phi) is 4.72. The minimum atomic E-state index is -3.68. The average molecular weight is 305 g/mol. The standard InChI is InChI=1S/C15H19N3O2S/c1-11(18-12(2)15-8-3-4-9-17-15)13-6-5-7-14(10-13)21(16,19)20/h3-12,18H,1-2H3,(H2,16,19,20)/t11?,12-/m1/s1. The molecule has 6 heteroatoms.